The molecule has 18 heavy (non-hydrogen) atoms. The van der Waals surface area contributed by atoms with Crippen LogP contribution in [0.2, 0.25) is 0 Å². The van der Waals surface area contributed by atoms with Crippen LogP contribution < -0.4 is 10.8 Å². The molecule has 0 bridgehead atoms. The van der Waals surface area contributed by atoms with Gasteiger partial charge >= 0.3 is 5.97 Å². The SMILES string of the molecule is [B]c1ccc(CNC2=C(C(=O)OC)COC2)cc1. The Hall–Kier alpha value is -1.75. The molecule has 0 amide bonds. The van der Waals surface area contributed by atoms with Gasteiger partial charge in [-0.15, -0.1) is 0 Å². The number of methoxy groups -OCH3 is 1. The summed E-state index contributed by atoms with van der Waals surface area (Å²) >= 11 is 0. The Labute approximate surface area is 107 Å². The van der Waals surface area contributed by atoms with Crippen LogP contribution in [0.25, 0.3) is 0 Å². The minimum atomic E-state index is -0.340. The van der Waals surface area contributed by atoms with Crippen molar-refractivity contribution in [2.45, 2.75) is 6.54 Å². The maximum absolute atomic E-state index is 11.5. The number of hydrogen-bond acceptors (Lipinski definition) is 4. The van der Waals surface area contributed by atoms with Crippen molar-refractivity contribution in [1.82, 2.24) is 5.32 Å². The van der Waals surface area contributed by atoms with Crippen molar-refractivity contribution in [3.8, 4) is 0 Å². The Balaban J connectivity index is 2.00. The van der Waals surface area contributed by atoms with Gasteiger partial charge in [0, 0.05) is 6.54 Å². The molecular weight excluding hydrogens is 229 g/mol. The summed E-state index contributed by atoms with van der Waals surface area (Å²) in [4.78, 5) is 11.5. The van der Waals surface area contributed by atoms with Gasteiger partial charge in [-0.1, -0.05) is 29.7 Å². The van der Waals surface area contributed by atoms with Crippen LogP contribution in [0, 0.1) is 0 Å². The summed E-state index contributed by atoms with van der Waals surface area (Å²) in [5.74, 6) is -0.340. The molecule has 2 rings (SSSR count). The standard InChI is InChI=1S/C13H14BNO3/c1-17-13(16)11-7-18-8-12(11)15-6-9-2-4-10(14)5-3-9/h2-5,15H,6-8H2,1H3. The van der Waals surface area contributed by atoms with Gasteiger partial charge in [-0.05, 0) is 5.56 Å². The van der Waals surface area contributed by atoms with Crippen LogP contribution in [0.1, 0.15) is 5.56 Å². The average molecular weight is 243 g/mol. The average Bonchev–Trinajstić information content (AvgIpc) is 2.85. The molecule has 0 saturated heterocycles. The molecule has 0 saturated carbocycles. The maximum atomic E-state index is 11.5. The Morgan fingerprint density at radius 3 is 2.78 bits per heavy atom. The second-order valence-corrected chi connectivity index (χ2v) is 4.04. The number of hydrogen-bond donors (Lipinski definition) is 1. The van der Waals surface area contributed by atoms with Gasteiger partial charge in [0.25, 0.3) is 0 Å². The predicted molar refractivity (Wildman–Crippen MR) is 68.5 cm³/mol. The van der Waals surface area contributed by atoms with Gasteiger partial charge in [0.2, 0.25) is 0 Å². The van der Waals surface area contributed by atoms with Crippen molar-refractivity contribution >= 4 is 19.3 Å². The minimum absolute atomic E-state index is 0.302. The van der Waals surface area contributed by atoms with Crippen molar-refractivity contribution in [3.63, 3.8) is 0 Å². The molecule has 1 aliphatic rings. The summed E-state index contributed by atoms with van der Waals surface area (Å²) in [5, 5.41) is 3.20. The first kappa shape index (κ1) is 12.7. The van der Waals surface area contributed by atoms with E-state index in [-0.39, 0.29) is 5.97 Å². The molecule has 0 fully saturated rings. The van der Waals surface area contributed by atoms with E-state index in [1.54, 1.807) is 0 Å². The Bertz CT molecular complexity index is 468. The van der Waals surface area contributed by atoms with E-state index in [1.165, 1.54) is 7.11 Å². The molecule has 0 aromatic heterocycles. The third-order valence-electron chi connectivity index (χ3n) is 2.77. The molecule has 1 aromatic rings. The second-order valence-electron chi connectivity index (χ2n) is 4.04. The molecule has 0 unspecified atom stereocenters. The topological polar surface area (TPSA) is 47.6 Å². The van der Waals surface area contributed by atoms with E-state index in [2.05, 4.69) is 5.32 Å². The van der Waals surface area contributed by atoms with Crippen molar-refractivity contribution in [2.75, 3.05) is 20.3 Å². The van der Waals surface area contributed by atoms with Gasteiger partial charge in [-0.3, -0.25) is 0 Å². The van der Waals surface area contributed by atoms with Crippen LogP contribution in [0.4, 0.5) is 0 Å². The number of carbonyl (C=O) groups is 1. The molecule has 2 radical (unpaired) electrons. The molecule has 0 aliphatic carbocycles. The molecule has 1 heterocycles. The lowest BCUT2D eigenvalue weighted by Crippen LogP contribution is -2.18. The van der Waals surface area contributed by atoms with Gasteiger partial charge < -0.3 is 14.8 Å². The summed E-state index contributed by atoms with van der Waals surface area (Å²) in [7, 11) is 6.98. The fourth-order valence-corrected chi connectivity index (χ4v) is 1.74. The molecule has 4 nitrogen and oxygen atoms in total. The van der Waals surface area contributed by atoms with E-state index in [1.807, 2.05) is 24.3 Å². The zero-order valence-electron chi connectivity index (χ0n) is 10.2. The first-order valence-corrected chi connectivity index (χ1v) is 5.67. The summed E-state index contributed by atoms with van der Waals surface area (Å²) < 4.78 is 9.94. The van der Waals surface area contributed by atoms with Gasteiger partial charge in [-0.25, -0.2) is 4.79 Å². The second kappa shape index (κ2) is 5.73. The largest absolute Gasteiger partial charge is 0.466 e. The van der Waals surface area contributed by atoms with Crippen molar-refractivity contribution in [1.29, 1.82) is 0 Å². The summed E-state index contributed by atoms with van der Waals surface area (Å²) in [6, 6.07) is 7.57. The first-order chi connectivity index (χ1) is 8.70. The van der Waals surface area contributed by atoms with E-state index >= 15 is 0 Å². The molecular formula is C13H14BNO3. The number of benzene rings is 1. The molecule has 92 valence electrons. The zero-order valence-corrected chi connectivity index (χ0v) is 10.2. The maximum Gasteiger partial charge on any atom is 0.337 e. The third kappa shape index (κ3) is 2.93. The predicted octanol–water partition coefficient (Wildman–Crippen LogP) is 0.0273. The van der Waals surface area contributed by atoms with E-state index < -0.39 is 0 Å². The molecule has 5 heteroatoms. The fraction of sp³-hybridized carbons (Fsp3) is 0.308. The normalized spacial score (nSPS) is 14.7. The Morgan fingerprint density at radius 2 is 2.11 bits per heavy atom. The lowest BCUT2D eigenvalue weighted by Gasteiger charge is -2.08. The number of rotatable bonds is 4. The third-order valence-corrected chi connectivity index (χ3v) is 2.77. The highest BCUT2D eigenvalue weighted by Crippen LogP contribution is 2.13. The lowest BCUT2D eigenvalue weighted by atomic mass is 9.95. The summed E-state index contributed by atoms with van der Waals surface area (Å²) in [6.45, 7) is 1.34. The highest BCUT2D eigenvalue weighted by atomic mass is 16.5. The van der Waals surface area contributed by atoms with E-state index in [0.717, 1.165) is 16.7 Å². The molecule has 1 aromatic carbocycles. The van der Waals surface area contributed by atoms with Crippen LogP contribution in [0.5, 0.6) is 0 Å². The van der Waals surface area contributed by atoms with Gasteiger partial charge in [-0.2, -0.15) is 0 Å². The van der Waals surface area contributed by atoms with E-state index in [9.17, 15) is 4.79 Å². The van der Waals surface area contributed by atoms with Gasteiger partial charge in [0.15, 0.2) is 0 Å². The lowest BCUT2D eigenvalue weighted by molar-refractivity contribution is -0.136. The highest BCUT2D eigenvalue weighted by Gasteiger charge is 2.21. The van der Waals surface area contributed by atoms with E-state index in [4.69, 9.17) is 17.3 Å². The Kier molecular flexibility index (Phi) is 4.05. The smallest absolute Gasteiger partial charge is 0.337 e. The van der Waals surface area contributed by atoms with Crippen LogP contribution in [-0.4, -0.2) is 34.1 Å². The molecule has 1 aliphatic heterocycles. The summed E-state index contributed by atoms with van der Waals surface area (Å²) in [6.07, 6.45) is 0. The van der Waals surface area contributed by atoms with Crippen molar-refractivity contribution in [2.24, 2.45) is 0 Å². The van der Waals surface area contributed by atoms with Crippen LogP contribution >= 0.6 is 0 Å². The molecule has 0 atom stereocenters. The monoisotopic (exact) mass is 243 g/mol. The Morgan fingerprint density at radius 1 is 1.39 bits per heavy atom. The van der Waals surface area contributed by atoms with Crippen molar-refractivity contribution < 1.29 is 14.3 Å². The molecule has 1 N–H and O–H groups in total. The first-order valence-electron chi connectivity index (χ1n) is 5.67. The molecule has 0 spiro atoms. The van der Waals surface area contributed by atoms with Crippen LogP contribution in [-0.2, 0) is 20.8 Å². The van der Waals surface area contributed by atoms with Crippen LogP contribution in [0.3, 0.4) is 0 Å². The van der Waals surface area contributed by atoms with Crippen molar-refractivity contribution in [3.05, 3.63) is 41.1 Å². The number of carbonyl (C=O) groups excluding carboxylic acids is 1. The fourth-order valence-electron chi connectivity index (χ4n) is 1.74. The highest BCUT2D eigenvalue weighted by molar-refractivity contribution is 6.32. The van der Waals surface area contributed by atoms with Gasteiger partial charge in [0.1, 0.15) is 7.85 Å². The number of nitrogens with one attached hydrogen (secondary N) is 1. The summed E-state index contributed by atoms with van der Waals surface area (Å²) in [5.41, 5.74) is 3.18. The van der Waals surface area contributed by atoms with Gasteiger partial charge in [0.05, 0.1) is 31.6 Å². The zero-order chi connectivity index (χ0) is 13.0. The minimum Gasteiger partial charge on any atom is -0.466 e. The van der Waals surface area contributed by atoms with E-state index in [0.29, 0.717) is 25.3 Å². The number of esters is 1. The van der Waals surface area contributed by atoms with Crippen LogP contribution in [0.15, 0.2) is 35.5 Å². The quantitative estimate of drug-likeness (QED) is 0.598. The number of ether oxygens (including phenoxy) is 2.